The fourth-order valence-electron chi connectivity index (χ4n) is 2.18. The second kappa shape index (κ2) is 11.1. The Morgan fingerprint density at radius 3 is 2.50 bits per heavy atom. The smallest absolute Gasteiger partial charge is 0.419 e. The van der Waals surface area contributed by atoms with Gasteiger partial charge in [0.25, 0.3) is 0 Å². The third-order valence-corrected chi connectivity index (χ3v) is 3.41. The maximum Gasteiger partial charge on any atom is 0.419 e. The summed E-state index contributed by atoms with van der Waals surface area (Å²) in [6.07, 6.45) is 3.74. The van der Waals surface area contributed by atoms with Crippen molar-refractivity contribution in [2.24, 2.45) is 0 Å². The molecule has 24 heavy (non-hydrogen) atoms. The van der Waals surface area contributed by atoms with Gasteiger partial charge in [-0.1, -0.05) is 50.8 Å². The van der Waals surface area contributed by atoms with E-state index >= 15 is 0 Å². The molecule has 3 nitrogen and oxygen atoms in total. The molecular formula is C18H25F3O3. The molecule has 1 rings (SSSR count). The van der Waals surface area contributed by atoms with Crippen LogP contribution in [0.3, 0.4) is 0 Å². The lowest BCUT2D eigenvalue weighted by molar-refractivity contribution is -0.263. The summed E-state index contributed by atoms with van der Waals surface area (Å²) in [4.78, 5) is 9.04. The van der Waals surface area contributed by atoms with Crippen molar-refractivity contribution < 1.29 is 27.7 Å². The van der Waals surface area contributed by atoms with E-state index < -0.39 is 11.7 Å². The molecule has 0 aromatic heterocycles. The molecule has 0 amide bonds. The lowest BCUT2D eigenvalue weighted by Gasteiger charge is -2.14. The highest BCUT2D eigenvalue weighted by atomic mass is 19.4. The Bertz CT molecular complexity index is 499. The SMILES string of the molecule is CCCCCCCOc1ccc(/C=C/COOC)cc1C(F)(F)F. The Kier molecular flexibility index (Phi) is 9.49. The summed E-state index contributed by atoms with van der Waals surface area (Å²) in [7, 11) is 1.37. The van der Waals surface area contributed by atoms with Crippen molar-refractivity contribution in [2.45, 2.75) is 45.2 Å². The maximum atomic E-state index is 13.2. The number of unbranched alkanes of at least 4 members (excludes halogenated alkanes) is 4. The molecule has 0 radical (unpaired) electrons. The molecule has 1 aromatic rings. The van der Waals surface area contributed by atoms with Gasteiger partial charge in [0.1, 0.15) is 12.4 Å². The molecule has 0 heterocycles. The van der Waals surface area contributed by atoms with E-state index in [0.29, 0.717) is 12.2 Å². The van der Waals surface area contributed by atoms with Crippen molar-refractivity contribution in [1.29, 1.82) is 0 Å². The second-order valence-electron chi connectivity index (χ2n) is 5.37. The summed E-state index contributed by atoms with van der Waals surface area (Å²) in [5, 5.41) is 0. The molecule has 0 spiro atoms. The normalized spacial score (nSPS) is 12.0. The number of halogens is 3. The van der Waals surface area contributed by atoms with Crippen molar-refractivity contribution in [3.63, 3.8) is 0 Å². The third kappa shape index (κ3) is 7.84. The van der Waals surface area contributed by atoms with Crippen LogP contribution in [0.15, 0.2) is 24.3 Å². The molecule has 136 valence electrons. The Hall–Kier alpha value is -1.53. The van der Waals surface area contributed by atoms with Crippen molar-refractivity contribution in [3.05, 3.63) is 35.4 Å². The van der Waals surface area contributed by atoms with E-state index in [1.165, 1.54) is 13.2 Å². The van der Waals surface area contributed by atoms with Crippen LogP contribution >= 0.6 is 0 Å². The van der Waals surface area contributed by atoms with Gasteiger partial charge in [0.2, 0.25) is 0 Å². The van der Waals surface area contributed by atoms with Crippen molar-refractivity contribution in [2.75, 3.05) is 20.3 Å². The Balaban J connectivity index is 2.68. The largest absolute Gasteiger partial charge is 0.493 e. The number of hydrogen-bond acceptors (Lipinski definition) is 3. The topological polar surface area (TPSA) is 27.7 Å². The molecule has 0 aliphatic carbocycles. The maximum absolute atomic E-state index is 13.2. The van der Waals surface area contributed by atoms with Crippen molar-refractivity contribution >= 4 is 6.08 Å². The average molecular weight is 346 g/mol. The minimum Gasteiger partial charge on any atom is -0.493 e. The molecule has 0 aliphatic rings. The predicted molar refractivity (Wildman–Crippen MR) is 87.7 cm³/mol. The standard InChI is InChI=1S/C18H25F3O3/c1-3-4-5-6-7-12-23-17-11-10-15(9-8-13-24-22-2)14-16(17)18(19,20)21/h8-11,14H,3-7,12-13H2,1-2H3/b9-8+. The first-order chi connectivity index (χ1) is 11.5. The van der Waals surface area contributed by atoms with Crippen LogP contribution in [0, 0.1) is 0 Å². The molecule has 1 aromatic carbocycles. The first-order valence-electron chi connectivity index (χ1n) is 8.15. The van der Waals surface area contributed by atoms with Crippen LogP contribution in [0.5, 0.6) is 5.75 Å². The van der Waals surface area contributed by atoms with E-state index in [9.17, 15) is 13.2 Å². The summed E-state index contributed by atoms with van der Waals surface area (Å²) >= 11 is 0. The van der Waals surface area contributed by atoms with E-state index in [0.717, 1.165) is 38.2 Å². The van der Waals surface area contributed by atoms with E-state index in [4.69, 9.17) is 4.74 Å². The minimum atomic E-state index is -4.45. The van der Waals surface area contributed by atoms with Crippen molar-refractivity contribution in [1.82, 2.24) is 0 Å². The predicted octanol–water partition coefficient (Wildman–Crippen LogP) is 5.65. The second-order valence-corrected chi connectivity index (χ2v) is 5.37. The molecular weight excluding hydrogens is 321 g/mol. The first kappa shape index (κ1) is 20.5. The highest BCUT2D eigenvalue weighted by molar-refractivity contribution is 5.54. The van der Waals surface area contributed by atoms with Gasteiger partial charge in [0.05, 0.1) is 19.3 Å². The lowest BCUT2D eigenvalue weighted by Crippen LogP contribution is -2.09. The van der Waals surface area contributed by atoms with E-state index in [1.54, 1.807) is 18.2 Å². The molecule has 0 fully saturated rings. The van der Waals surface area contributed by atoms with Gasteiger partial charge in [-0.05, 0) is 24.1 Å². The van der Waals surface area contributed by atoms with E-state index in [-0.39, 0.29) is 12.4 Å². The van der Waals surface area contributed by atoms with Gasteiger partial charge in [0.15, 0.2) is 0 Å². The third-order valence-electron chi connectivity index (χ3n) is 3.41. The van der Waals surface area contributed by atoms with Crippen LogP contribution in [0.4, 0.5) is 13.2 Å². The molecule has 0 bridgehead atoms. The Morgan fingerprint density at radius 1 is 1.08 bits per heavy atom. The van der Waals surface area contributed by atoms with Crippen LogP contribution in [0.25, 0.3) is 6.08 Å². The van der Waals surface area contributed by atoms with Gasteiger partial charge in [0, 0.05) is 0 Å². The first-order valence-corrected chi connectivity index (χ1v) is 8.15. The zero-order valence-corrected chi connectivity index (χ0v) is 14.2. The van der Waals surface area contributed by atoms with E-state index in [2.05, 4.69) is 16.7 Å². The number of benzene rings is 1. The van der Waals surface area contributed by atoms with Crippen molar-refractivity contribution in [3.8, 4) is 5.75 Å². The van der Waals surface area contributed by atoms with Gasteiger partial charge in [-0.2, -0.15) is 13.2 Å². The molecule has 0 atom stereocenters. The summed E-state index contributed by atoms with van der Waals surface area (Å²) in [6.45, 7) is 2.57. The number of hydrogen-bond donors (Lipinski definition) is 0. The van der Waals surface area contributed by atoms with Gasteiger partial charge in [-0.15, -0.1) is 0 Å². The Labute approximate surface area is 141 Å². The number of ether oxygens (including phenoxy) is 1. The zero-order valence-electron chi connectivity index (χ0n) is 14.2. The summed E-state index contributed by atoms with van der Waals surface area (Å²) in [5.74, 6) is -0.122. The van der Waals surface area contributed by atoms with Crippen LogP contribution in [-0.4, -0.2) is 20.3 Å². The number of alkyl halides is 3. The fraction of sp³-hybridized carbons (Fsp3) is 0.556. The summed E-state index contributed by atoms with van der Waals surface area (Å²) < 4.78 is 44.9. The summed E-state index contributed by atoms with van der Waals surface area (Å²) in [6, 6.07) is 4.03. The molecule has 6 heteroatoms. The highest BCUT2D eigenvalue weighted by Crippen LogP contribution is 2.37. The Morgan fingerprint density at radius 2 is 1.83 bits per heavy atom. The highest BCUT2D eigenvalue weighted by Gasteiger charge is 2.34. The van der Waals surface area contributed by atoms with Crippen LogP contribution < -0.4 is 4.74 Å². The summed E-state index contributed by atoms with van der Waals surface area (Å²) in [5.41, 5.74) is -0.330. The molecule has 0 N–H and O–H groups in total. The monoisotopic (exact) mass is 346 g/mol. The van der Waals surface area contributed by atoms with Gasteiger partial charge in [-0.3, -0.25) is 0 Å². The molecule has 0 saturated carbocycles. The van der Waals surface area contributed by atoms with Gasteiger partial charge in [-0.25, -0.2) is 9.78 Å². The zero-order chi connectivity index (χ0) is 17.8. The molecule has 0 saturated heterocycles. The average Bonchev–Trinajstić information content (AvgIpc) is 2.54. The van der Waals surface area contributed by atoms with E-state index in [1.807, 2.05) is 0 Å². The lowest BCUT2D eigenvalue weighted by atomic mass is 10.1. The quantitative estimate of drug-likeness (QED) is 0.294. The van der Waals surface area contributed by atoms with Crippen LogP contribution in [0.2, 0.25) is 0 Å². The van der Waals surface area contributed by atoms with Crippen LogP contribution in [0.1, 0.15) is 50.2 Å². The van der Waals surface area contributed by atoms with Gasteiger partial charge < -0.3 is 4.74 Å². The van der Waals surface area contributed by atoms with Gasteiger partial charge >= 0.3 is 6.18 Å². The number of rotatable bonds is 11. The molecule has 0 aliphatic heterocycles. The van der Waals surface area contributed by atoms with Crippen LogP contribution in [-0.2, 0) is 16.0 Å². The minimum absolute atomic E-state index is 0.122. The molecule has 0 unspecified atom stereocenters. The fourth-order valence-corrected chi connectivity index (χ4v) is 2.18.